The van der Waals surface area contributed by atoms with Crippen LogP contribution in [0.4, 0.5) is 0 Å². The van der Waals surface area contributed by atoms with E-state index in [0.29, 0.717) is 6.42 Å². The van der Waals surface area contributed by atoms with Crippen molar-refractivity contribution >= 4 is 33.6 Å². The Morgan fingerprint density at radius 1 is 1.65 bits per heavy atom. The van der Waals surface area contributed by atoms with Crippen LogP contribution in [-0.4, -0.2) is 29.2 Å². The summed E-state index contributed by atoms with van der Waals surface area (Å²) in [6, 6.07) is 3.65. The lowest BCUT2D eigenvalue weighted by Crippen LogP contribution is -2.41. The predicted octanol–water partition coefficient (Wildman–Crippen LogP) is 1.79. The van der Waals surface area contributed by atoms with Crippen molar-refractivity contribution in [3.8, 4) is 0 Å². The highest BCUT2D eigenvalue weighted by Crippen LogP contribution is 2.18. The molecule has 1 unspecified atom stereocenters. The maximum absolute atomic E-state index is 11.1. The molecule has 1 aromatic rings. The summed E-state index contributed by atoms with van der Waals surface area (Å²) in [5.74, 6) is 0.520. The Morgan fingerprint density at radius 2 is 2.41 bits per heavy atom. The van der Waals surface area contributed by atoms with Gasteiger partial charge in [0.05, 0.1) is 11.1 Å². The molecule has 1 atom stereocenters. The van der Waals surface area contributed by atoms with Crippen molar-refractivity contribution in [1.82, 2.24) is 10.3 Å². The van der Waals surface area contributed by atoms with Gasteiger partial charge in [0.1, 0.15) is 0 Å². The second-order valence-electron chi connectivity index (χ2n) is 3.46. The molecule has 6 heteroatoms. The van der Waals surface area contributed by atoms with E-state index < -0.39 is 0 Å². The van der Waals surface area contributed by atoms with E-state index in [1.165, 1.54) is 0 Å². The van der Waals surface area contributed by atoms with E-state index in [9.17, 15) is 4.79 Å². The Hall–Kier alpha value is -0.590. The van der Waals surface area contributed by atoms with Gasteiger partial charge in [-0.2, -0.15) is 0 Å². The molecular weight excluding hydrogens is 302 g/mol. The van der Waals surface area contributed by atoms with Crippen LogP contribution in [0.2, 0.25) is 0 Å². The average molecular weight is 318 g/mol. The first kappa shape index (κ1) is 14.5. The van der Waals surface area contributed by atoms with Gasteiger partial charge < -0.3 is 11.1 Å². The molecule has 17 heavy (non-hydrogen) atoms. The maximum Gasteiger partial charge on any atom is 0.234 e. The molecule has 0 aromatic carbocycles. The summed E-state index contributed by atoms with van der Waals surface area (Å²) in [5, 5.41) is 4.01. The number of carbonyl (C=O) groups is 1. The van der Waals surface area contributed by atoms with Gasteiger partial charge in [0.25, 0.3) is 0 Å². The predicted molar refractivity (Wildman–Crippen MR) is 73.9 cm³/mol. The van der Waals surface area contributed by atoms with Crippen LogP contribution >= 0.6 is 27.7 Å². The summed E-state index contributed by atoms with van der Waals surface area (Å²) < 4.78 is 0.963. The second-order valence-corrected chi connectivity index (χ2v) is 5.50. The molecule has 3 N–H and O–H groups in total. The number of thioether (sulfide) groups is 1. The number of aromatic nitrogens is 1. The topological polar surface area (TPSA) is 68.0 Å². The third-order valence-electron chi connectivity index (χ3n) is 2.15. The molecule has 0 fully saturated rings. The number of hydrogen-bond donors (Lipinski definition) is 2. The summed E-state index contributed by atoms with van der Waals surface area (Å²) in [6.07, 6.45) is 2.48. The van der Waals surface area contributed by atoms with Crippen LogP contribution in [0, 0.1) is 0 Å². The van der Waals surface area contributed by atoms with Crippen LogP contribution in [0.25, 0.3) is 0 Å². The number of nitrogens with zero attached hydrogens (tertiary/aromatic N) is 1. The molecule has 1 rings (SSSR count). The van der Waals surface area contributed by atoms with E-state index in [1.54, 1.807) is 18.0 Å². The fraction of sp³-hybridized carbons (Fsp3) is 0.455. The van der Waals surface area contributed by atoms with Gasteiger partial charge >= 0.3 is 0 Å². The average Bonchev–Trinajstić information content (AvgIpc) is 2.30. The summed E-state index contributed by atoms with van der Waals surface area (Å²) >= 11 is 4.95. The SMILES string of the molecule is CCNC(CCSc1ccc(Br)cn1)C(N)=O. The Morgan fingerprint density at radius 3 is 2.94 bits per heavy atom. The van der Waals surface area contributed by atoms with E-state index >= 15 is 0 Å². The van der Waals surface area contributed by atoms with Crippen LogP contribution in [0.15, 0.2) is 27.8 Å². The minimum atomic E-state index is -0.295. The van der Waals surface area contributed by atoms with Crippen molar-refractivity contribution in [2.45, 2.75) is 24.4 Å². The fourth-order valence-electron chi connectivity index (χ4n) is 1.32. The lowest BCUT2D eigenvalue weighted by molar-refractivity contribution is -0.120. The molecule has 0 aliphatic heterocycles. The quantitative estimate of drug-likeness (QED) is 0.752. The molecule has 0 aliphatic carbocycles. The first-order valence-corrected chi connectivity index (χ1v) is 7.18. The number of pyridine rings is 1. The first-order valence-electron chi connectivity index (χ1n) is 5.40. The molecule has 0 saturated carbocycles. The van der Waals surface area contributed by atoms with Crippen molar-refractivity contribution in [2.75, 3.05) is 12.3 Å². The van der Waals surface area contributed by atoms with Gasteiger partial charge in [0.15, 0.2) is 0 Å². The number of amides is 1. The van der Waals surface area contributed by atoms with Gasteiger partial charge in [0.2, 0.25) is 5.91 Å². The van der Waals surface area contributed by atoms with E-state index in [2.05, 4.69) is 26.2 Å². The maximum atomic E-state index is 11.1. The fourth-order valence-corrected chi connectivity index (χ4v) is 2.41. The molecule has 0 aliphatic rings. The number of likely N-dealkylation sites (N-methyl/N-ethyl adjacent to an activating group) is 1. The van der Waals surface area contributed by atoms with Gasteiger partial charge in [-0.3, -0.25) is 4.79 Å². The Bertz CT molecular complexity index is 358. The molecule has 0 saturated heterocycles. The van der Waals surface area contributed by atoms with Crippen LogP contribution in [0.5, 0.6) is 0 Å². The number of carbonyl (C=O) groups excluding carboxylic acids is 1. The molecule has 0 spiro atoms. The molecular formula is C11H16BrN3OS. The Balaban J connectivity index is 2.35. The number of primary amides is 1. The van der Waals surface area contributed by atoms with Gasteiger partial charge in [-0.05, 0) is 41.0 Å². The Kier molecular flexibility index (Phi) is 6.54. The lowest BCUT2D eigenvalue weighted by Gasteiger charge is -2.13. The highest BCUT2D eigenvalue weighted by Gasteiger charge is 2.13. The molecule has 0 bridgehead atoms. The van der Waals surface area contributed by atoms with Gasteiger partial charge in [-0.1, -0.05) is 6.92 Å². The van der Waals surface area contributed by atoms with Crippen LogP contribution in [0.1, 0.15) is 13.3 Å². The summed E-state index contributed by atoms with van der Waals surface area (Å²) in [4.78, 5) is 15.4. The van der Waals surface area contributed by atoms with E-state index in [4.69, 9.17) is 5.73 Å². The zero-order valence-corrected chi connectivity index (χ0v) is 12.1. The third-order valence-corrected chi connectivity index (χ3v) is 3.60. The normalized spacial score (nSPS) is 12.4. The number of halogens is 1. The number of nitrogens with two attached hydrogens (primary N) is 1. The zero-order valence-electron chi connectivity index (χ0n) is 9.65. The van der Waals surface area contributed by atoms with Gasteiger partial charge in [-0.25, -0.2) is 4.98 Å². The number of hydrogen-bond acceptors (Lipinski definition) is 4. The number of nitrogens with one attached hydrogen (secondary N) is 1. The molecule has 1 amide bonds. The van der Waals surface area contributed by atoms with Crippen molar-refractivity contribution in [2.24, 2.45) is 5.73 Å². The standard InChI is InChI=1S/C11H16BrN3OS/c1-2-14-9(11(13)16)5-6-17-10-4-3-8(12)7-15-10/h3-4,7,9,14H,2,5-6H2,1H3,(H2,13,16). The van der Waals surface area contributed by atoms with Crippen LogP contribution in [0.3, 0.4) is 0 Å². The van der Waals surface area contributed by atoms with Gasteiger partial charge in [-0.15, -0.1) is 11.8 Å². The zero-order chi connectivity index (χ0) is 12.7. The second kappa shape index (κ2) is 7.68. The van der Waals surface area contributed by atoms with Crippen molar-refractivity contribution < 1.29 is 4.79 Å². The molecule has 94 valence electrons. The lowest BCUT2D eigenvalue weighted by atomic mass is 10.2. The van der Waals surface area contributed by atoms with Crippen LogP contribution < -0.4 is 11.1 Å². The molecule has 4 nitrogen and oxygen atoms in total. The van der Waals surface area contributed by atoms with E-state index in [0.717, 1.165) is 21.8 Å². The number of rotatable bonds is 7. The minimum absolute atomic E-state index is 0.247. The van der Waals surface area contributed by atoms with Crippen molar-refractivity contribution in [3.05, 3.63) is 22.8 Å². The summed E-state index contributed by atoms with van der Waals surface area (Å²) in [5.41, 5.74) is 5.29. The molecule has 1 aromatic heterocycles. The van der Waals surface area contributed by atoms with E-state index in [1.807, 2.05) is 19.1 Å². The third kappa shape index (κ3) is 5.52. The highest BCUT2D eigenvalue weighted by atomic mass is 79.9. The first-order chi connectivity index (χ1) is 8.13. The van der Waals surface area contributed by atoms with E-state index in [-0.39, 0.29) is 11.9 Å². The van der Waals surface area contributed by atoms with Crippen molar-refractivity contribution in [3.63, 3.8) is 0 Å². The molecule has 0 radical (unpaired) electrons. The monoisotopic (exact) mass is 317 g/mol. The van der Waals surface area contributed by atoms with Gasteiger partial charge in [0, 0.05) is 16.4 Å². The van der Waals surface area contributed by atoms with Crippen molar-refractivity contribution in [1.29, 1.82) is 0 Å². The molecule has 1 heterocycles. The highest BCUT2D eigenvalue weighted by molar-refractivity contribution is 9.10. The smallest absolute Gasteiger partial charge is 0.234 e. The Labute approximate surface area is 114 Å². The summed E-state index contributed by atoms with van der Waals surface area (Å²) in [7, 11) is 0. The minimum Gasteiger partial charge on any atom is -0.368 e. The summed E-state index contributed by atoms with van der Waals surface area (Å²) in [6.45, 7) is 2.70. The largest absolute Gasteiger partial charge is 0.368 e. The van der Waals surface area contributed by atoms with Crippen LogP contribution in [-0.2, 0) is 4.79 Å².